The number of benzene rings is 1. The molecular weight excluding hydrogens is 280 g/mol. The van der Waals surface area contributed by atoms with Crippen LogP contribution < -0.4 is 4.72 Å². The number of hydrogen-bond donors (Lipinski definition) is 2. The van der Waals surface area contributed by atoms with Crippen molar-refractivity contribution in [2.75, 3.05) is 7.11 Å². The van der Waals surface area contributed by atoms with Crippen LogP contribution in [0.4, 0.5) is 0 Å². The third-order valence-corrected chi connectivity index (χ3v) is 4.13. The van der Waals surface area contributed by atoms with Crippen molar-refractivity contribution in [1.29, 1.82) is 0 Å². The molecule has 2 rings (SSSR count). The maximum atomic E-state index is 12.0. The Balaban J connectivity index is 2.11. The monoisotopic (exact) mass is 294 g/mol. The molecule has 6 nitrogen and oxygen atoms in total. The Labute approximate surface area is 116 Å². The molecule has 1 aromatic heterocycles. The smallest absolute Gasteiger partial charge is 0.337 e. The highest BCUT2D eigenvalue weighted by molar-refractivity contribution is 7.89. The average Bonchev–Trinajstić information content (AvgIpc) is 2.98. The van der Waals surface area contributed by atoms with Crippen LogP contribution in [0.1, 0.15) is 15.9 Å². The van der Waals surface area contributed by atoms with Gasteiger partial charge in [0.05, 0.1) is 17.6 Å². The van der Waals surface area contributed by atoms with Gasteiger partial charge in [0.2, 0.25) is 10.0 Å². The first-order valence-electron chi connectivity index (χ1n) is 5.82. The van der Waals surface area contributed by atoms with E-state index in [0.29, 0.717) is 5.56 Å². The zero-order valence-electron chi connectivity index (χ0n) is 10.8. The number of sulfonamides is 1. The number of rotatable bonds is 5. The number of esters is 1. The van der Waals surface area contributed by atoms with Gasteiger partial charge in [0.1, 0.15) is 0 Å². The van der Waals surface area contributed by atoms with Crippen LogP contribution in [0.15, 0.2) is 47.6 Å². The SMILES string of the molecule is COC(=O)c1ccc(S(=O)(=O)NCc2cc[nH]c2)cc1. The van der Waals surface area contributed by atoms with E-state index < -0.39 is 16.0 Å². The Kier molecular flexibility index (Phi) is 4.21. The summed E-state index contributed by atoms with van der Waals surface area (Å²) in [6.07, 6.45) is 3.43. The summed E-state index contributed by atoms with van der Waals surface area (Å²) in [6.45, 7) is 0.199. The summed E-state index contributed by atoms with van der Waals surface area (Å²) in [6, 6.07) is 7.34. The molecule has 0 aliphatic carbocycles. The minimum absolute atomic E-state index is 0.0979. The van der Waals surface area contributed by atoms with Crippen molar-refractivity contribution in [3.8, 4) is 0 Å². The lowest BCUT2D eigenvalue weighted by molar-refractivity contribution is 0.0600. The minimum Gasteiger partial charge on any atom is -0.465 e. The zero-order chi connectivity index (χ0) is 14.6. The van der Waals surface area contributed by atoms with E-state index in [1.165, 1.54) is 31.4 Å². The van der Waals surface area contributed by atoms with Gasteiger partial charge in [-0.05, 0) is 35.9 Å². The molecule has 0 saturated heterocycles. The zero-order valence-corrected chi connectivity index (χ0v) is 11.6. The molecule has 0 bridgehead atoms. The van der Waals surface area contributed by atoms with Crippen molar-refractivity contribution in [2.45, 2.75) is 11.4 Å². The number of carbonyl (C=O) groups excluding carboxylic acids is 1. The second kappa shape index (κ2) is 5.89. The predicted molar refractivity (Wildman–Crippen MR) is 72.6 cm³/mol. The number of aromatic amines is 1. The number of nitrogens with one attached hydrogen (secondary N) is 2. The molecule has 7 heteroatoms. The molecular formula is C13H14N2O4S. The Morgan fingerprint density at radius 3 is 2.50 bits per heavy atom. The molecule has 0 unspecified atom stereocenters. The lowest BCUT2D eigenvalue weighted by Gasteiger charge is -2.06. The average molecular weight is 294 g/mol. The molecule has 1 aromatic carbocycles. The molecule has 2 N–H and O–H groups in total. The predicted octanol–water partition coefficient (Wildman–Crippen LogP) is 1.28. The van der Waals surface area contributed by atoms with Crippen LogP contribution >= 0.6 is 0 Å². The summed E-state index contributed by atoms with van der Waals surface area (Å²) in [5.41, 5.74) is 1.14. The Hall–Kier alpha value is -2.12. The number of methoxy groups -OCH3 is 1. The van der Waals surface area contributed by atoms with Crippen molar-refractivity contribution in [1.82, 2.24) is 9.71 Å². The normalized spacial score (nSPS) is 11.2. The Morgan fingerprint density at radius 1 is 1.25 bits per heavy atom. The van der Waals surface area contributed by atoms with Gasteiger partial charge < -0.3 is 9.72 Å². The van der Waals surface area contributed by atoms with Gasteiger partial charge in [0, 0.05) is 18.9 Å². The molecule has 0 amide bonds. The van der Waals surface area contributed by atoms with Crippen molar-refractivity contribution < 1.29 is 17.9 Å². The summed E-state index contributed by atoms with van der Waals surface area (Å²) in [4.78, 5) is 14.2. The van der Waals surface area contributed by atoms with E-state index in [9.17, 15) is 13.2 Å². The molecule has 0 saturated carbocycles. The van der Waals surface area contributed by atoms with Crippen LogP contribution in [0, 0.1) is 0 Å². The van der Waals surface area contributed by atoms with Gasteiger partial charge in [-0.3, -0.25) is 0 Å². The van der Waals surface area contributed by atoms with Crippen LogP contribution in [0.3, 0.4) is 0 Å². The Morgan fingerprint density at radius 2 is 1.95 bits per heavy atom. The van der Waals surface area contributed by atoms with E-state index >= 15 is 0 Å². The molecule has 1 heterocycles. The van der Waals surface area contributed by atoms with Gasteiger partial charge >= 0.3 is 5.97 Å². The fourth-order valence-electron chi connectivity index (χ4n) is 1.62. The fraction of sp³-hybridized carbons (Fsp3) is 0.154. The first-order chi connectivity index (χ1) is 9.53. The number of H-pyrrole nitrogens is 1. The van der Waals surface area contributed by atoms with Gasteiger partial charge in [-0.25, -0.2) is 17.9 Å². The summed E-state index contributed by atoms with van der Waals surface area (Å²) >= 11 is 0. The molecule has 0 fully saturated rings. The molecule has 2 aromatic rings. The van der Waals surface area contributed by atoms with Crippen LogP contribution in [0.2, 0.25) is 0 Å². The highest BCUT2D eigenvalue weighted by Gasteiger charge is 2.14. The summed E-state index contributed by atoms with van der Waals surface area (Å²) < 4.78 is 31.1. The summed E-state index contributed by atoms with van der Waals surface area (Å²) in [5.74, 6) is -0.505. The first-order valence-corrected chi connectivity index (χ1v) is 7.31. The quantitative estimate of drug-likeness (QED) is 0.813. The lowest BCUT2D eigenvalue weighted by Crippen LogP contribution is -2.23. The highest BCUT2D eigenvalue weighted by atomic mass is 32.2. The van der Waals surface area contributed by atoms with Gasteiger partial charge in [-0.1, -0.05) is 0 Å². The molecule has 0 aliphatic heterocycles. The lowest BCUT2D eigenvalue weighted by atomic mass is 10.2. The maximum absolute atomic E-state index is 12.0. The van der Waals surface area contributed by atoms with Crippen molar-refractivity contribution in [2.24, 2.45) is 0 Å². The molecule has 0 radical (unpaired) electrons. The summed E-state index contributed by atoms with van der Waals surface area (Å²) in [5, 5.41) is 0. The van der Waals surface area contributed by atoms with Crippen molar-refractivity contribution in [3.05, 3.63) is 53.9 Å². The van der Waals surface area contributed by atoms with Crippen LogP contribution in [-0.4, -0.2) is 26.5 Å². The van der Waals surface area contributed by atoms with E-state index in [1.807, 2.05) is 0 Å². The number of aromatic nitrogens is 1. The molecule has 0 atom stereocenters. The van der Waals surface area contributed by atoms with E-state index in [1.54, 1.807) is 18.5 Å². The molecule has 20 heavy (non-hydrogen) atoms. The third kappa shape index (κ3) is 3.25. The maximum Gasteiger partial charge on any atom is 0.337 e. The second-order valence-corrected chi connectivity index (χ2v) is 5.83. The number of hydrogen-bond acceptors (Lipinski definition) is 4. The van der Waals surface area contributed by atoms with E-state index in [0.717, 1.165) is 5.56 Å². The number of carbonyl (C=O) groups is 1. The highest BCUT2D eigenvalue weighted by Crippen LogP contribution is 2.12. The summed E-state index contributed by atoms with van der Waals surface area (Å²) in [7, 11) is -2.33. The first kappa shape index (κ1) is 14.3. The van der Waals surface area contributed by atoms with E-state index in [4.69, 9.17) is 0 Å². The Bertz CT molecular complexity index is 676. The van der Waals surface area contributed by atoms with Gasteiger partial charge in [0.15, 0.2) is 0 Å². The van der Waals surface area contributed by atoms with Crippen LogP contribution in [0.25, 0.3) is 0 Å². The van der Waals surface area contributed by atoms with Gasteiger partial charge in [0.25, 0.3) is 0 Å². The topological polar surface area (TPSA) is 88.3 Å². The molecule has 0 aliphatic rings. The van der Waals surface area contributed by atoms with Crippen LogP contribution in [0.5, 0.6) is 0 Å². The molecule has 0 spiro atoms. The van der Waals surface area contributed by atoms with Gasteiger partial charge in [-0.2, -0.15) is 0 Å². The number of ether oxygens (including phenoxy) is 1. The fourth-order valence-corrected chi connectivity index (χ4v) is 2.64. The third-order valence-electron chi connectivity index (χ3n) is 2.71. The van der Waals surface area contributed by atoms with Crippen LogP contribution in [-0.2, 0) is 21.3 Å². The molecule has 106 valence electrons. The second-order valence-electron chi connectivity index (χ2n) is 4.06. The van der Waals surface area contributed by atoms with Crippen molar-refractivity contribution >= 4 is 16.0 Å². The van der Waals surface area contributed by atoms with Crippen molar-refractivity contribution in [3.63, 3.8) is 0 Å². The van der Waals surface area contributed by atoms with E-state index in [-0.39, 0.29) is 11.4 Å². The standard InChI is InChI=1S/C13H14N2O4S/c1-19-13(16)11-2-4-12(5-3-11)20(17,18)15-9-10-6-7-14-8-10/h2-8,14-15H,9H2,1H3. The minimum atomic E-state index is -3.60. The van der Waals surface area contributed by atoms with Gasteiger partial charge in [-0.15, -0.1) is 0 Å². The van der Waals surface area contributed by atoms with E-state index in [2.05, 4.69) is 14.4 Å². The largest absolute Gasteiger partial charge is 0.465 e.